The molecule has 31 heavy (non-hydrogen) atoms. The van der Waals surface area contributed by atoms with Crippen LogP contribution >= 0.6 is 0 Å². The Balaban J connectivity index is 1.18. The molecular formula is C23H24N6O2. The molecule has 158 valence electrons. The zero-order valence-electron chi connectivity index (χ0n) is 17.3. The Morgan fingerprint density at radius 3 is 3.03 bits per heavy atom. The lowest BCUT2D eigenvalue weighted by Crippen LogP contribution is -2.35. The highest BCUT2D eigenvalue weighted by molar-refractivity contribution is 6.00. The lowest BCUT2D eigenvalue weighted by atomic mass is 10.1. The van der Waals surface area contributed by atoms with Gasteiger partial charge in [-0.3, -0.25) is 9.59 Å². The van der Waals surface area contributed by atoms with E-state index in [1.165, 1.54) is 10.9 Å². The average Bonchev–Trinajstić information content (AvgIpc) is 3.51. The second-order valence-corrected chi connectivity index (χ2v) is 8.10. The lowest BCUT2D eigenvalue weighted by Gasteiger charge is -2.15. The van der Waals surface area contributed by atoms with Crippen molar-refractivity contribution in [3.05, 3.63) is 65.7 Å². The average molecular weight is 416 g/mol. The van der Waals surface area contributed by atoms with Crippen LogP contribution in [0.4, 0.5) is 0 Å². The Morgan fingerprint density at radius 1 is 1.26 bits per heavy atom. The molecule has 4 heterocycles. The number of aromatic nitrogens is 4. The van der Waals surface area contributed by atoms with Gasteiger partial charge in [-0.1, -0.05) is 18.2 Å². The highest BCUT2D eigenvalue weighted by Gasteiger charge is 2.32. The summed E-state index contributed by atoms with van der Waals surface area (Å²) in [5.41, 5.74) is 4.28. The standard InChI is InChI=1S/C23H24N6O2/c1-15-10-26-21-19(12-27-29(21)13-15)23(31)28-9-7-17(14-28)22(30)24-8-6-16-11-25-20-5-3-2-4-18(16)20/h2-5,10-13,17,25H,6-9,14H2,1H3,(H,24,30)/t17-/m0/s1. The van der Waals surface area contributed by atoms with Crippen LogP contribution < -0.4 is 5.32 Å². The van der Waals surface area contributed by atoms with Crippen LogP contribution in [-0.2, 0) is 11.2 Å². The molecule has 1 fully saturated rings. The van der Waals surface area contributed by atoms with Crippen molar-refractivity contribution in [1.82, 2.24) is 29.8 Å². The van der Waals surface area contributed by atoms with Gasteiger partial charge in [-0.15, -0.1) is 0 Å². The number of likely N-dealkylation sites (tertiary alicyclic amines) is 1. The Morgan fingerprint density at radius 2 is 2.13 bits per heavy atom. The summed E-state index contributed by atoms with van der Waals surface area (Å²) in [5.74, 6) is -0.312. The number of nitrogens with one attached hydrogen (secondary N) is 2. The second-order valence-electron chi connectivity index (χ2n) is 8.10. The third kappa shape index (κ3) is 3.65. The molecular weight excluding hydrogens is 392 g/mol. The Hall–Kier alpha value is -3.68. The van der Waals surface area contributed by atoms with Gasteiger partial charge in [0.1, 0.15) is 5.56 Å². The van der Waals surface area contributed by atoms with E-state index in [1.54, 1.807) is 21.8 Å². The molecule has 4 aromatic rings. The molecule has 0 aliphatic carbocycles. The number of nitrogens with zero attached hydrogens (tertiary/aromatic N) is 4. The largest absolute Gasteiger partial charge is 0.361 e. The van der Waals surface area contributed by atoms with Crippen molar-refractivity contribution in [3.63, 3.8) is 0 Å². The highest BCUT2D eigenvalue weighted by Crippen LogP contribution is 2.21. The summed E-state index contributed by atoms with van der Waals surface area (Å²) in [6.45, 7) is 3.48. The zero-order chi connectivity index (χ0) is 21.4. The molecule has 0 saturated carbocycles. The van der Waals surface area contributed by atoms with E-state index >= 15 is 0 Å². The smallest absolute Gasteiger partial charge is 0.259 e. The predicted molar refractivity (Wildman–Crippen MR) is 117 cm³/mol. The van der Waals surface area contributed by atoms with Gasteiger partial charge >= 0.3 is 0 Å². The number of hydrogen-bond acceptors (Lipinski definition) is 4. The summed E-state index contributed by atoms with van der Waals surface area (Å²) in [5, 5.41) is 8.46. The second kappa shape index (κ2) is 7.86. The van der Waals surface area contributed by atoms with E-state index < -0.39 is 0 Å². The van der Waals surface area contributed by atoms with Crippen LogP contribution in [0.15, 0.2) is 49.1 Å². The number of H-pyrrole nitrogens is 1. The Bertz CT molecular complexity index is 1270. The molecule has 2 amide bonds. The number of hydrogen-bond donors (Lipinski definition) is 2. The first kappa shape index (κ1) is 19.3. The van der Waals surface area contributed by atoms with Crippen LogP contribution in [-0.4, -0.2) is 55.9 Å². The van der Waals surface area contributed by atoms with Crippen molar-refractivity contribution in [2.45, 2.75) is 19.8 Å². The first-order valence-corrected chi connectivity index (χ1v) is 10.5. The van der Waals surface area contributed by atoms with Crippen LogP contribution in [0.2, 0.25) is 0 Å². The number of benzene rings is 1. The van der Waals surface area contributed by atoms with Gasteiger partial charge in [0, 0.05) is 49.1 Å². The minimum absolute atomic E-state index is 0.00348. The van der Waals surface area contributed by atoms with Gasteiger partial charge in [-0.25, -0.2) is 9.50 Å². The first-order valence-electron chi connectivity index (χ1n) is 10.5. The maximum Gasteiger partial charge on any atom is 0.259 e. The van der Waals surface area contributed by atoms with E-state index in [4.69, 9.17) is 0 Å². The van der Waals surface area contributed by atoms with Gasteiger partial charge in [-0.05, 0) is 37.0 Å². The monoisotopic (exact) mass is 416 g/mol. The highest BCUT2D eigenvalue weighted by atomic mass is 16.2. The van der Waals surface area contributed by atoms with Crippen molar-refractivity contribution in [3.8, 4) is 0 Å². The summed E-state index contributed by atoms with van der Waals surface area (Å²) in [6, 6.07) is 8.15. The normalized spacial score (nSPS) is 16.3. The summed E-state index contributed by atoms with van der Waals surface area (Å²) < 4.78 is 1.62. The topological polar surface area (TPSA) is 95.4 Å². The van der Waals surface area contributed by atoms with Crippen molar-refractivity contribution >= 4 is 28.4 Å². The lowest BCUT2D eigenvalue weighted by molar-refractivity contribution is -0.124. The molecule has 8 nitrogen and oxygen atoms in total. The van der Waals surface area contributed by atoms with Gasteiger partial charge in [0.2, 0.25) is 5.91 Å². The predicted octanol–water partition coefficient (Wildman–Crippen LogP) is 2.34. The van der Waals surface area contributed by atoms with E-state index in [-0.39, 0.29) is 17.7 Å². The summed E-state index contributed by atoms with van der Waals surface area (Å²) in [6.07, 6.45) is 8.54. The van der Waals surface area contributed by atoms with Crippen LogP contribution in [0.1, 0.15) is 27.9 Å². The number of aryl methyl sites for hydroxylation is 1. The van der Waals surface area contributed by atoms with Crippen molar-refractivity contribution in [2.75, 3.05) is 19.6 Å². The Labute approximate surface area is 179 Å². The minimum Gasteiger partial charge on any atom is -0.361 e. The molecule has 1 aromatic carbocycles. The minimum atomic E-state index is -0.191. The van der Waals surface area contributed by atoms with Crippen LogP contribution in [0.5, 0.6) is 0 Å². The van der Waals surface area contributed by atoms with E-state index in [0.29, 0.717) is 37.3 Å². The maximum absolute atomic E-state index is 13.0. The molecule has 1 aliphatic rings. The molecule has 2 N–H and O–H groups in total. The fourth-order valence-corrected chi connectivity index (χ4v) is 4.25. The third-order valence-electron chi connectivity index (χ3n) is 5.93. The number of carbonyl (C=O) groups is 2. The van der Waals surface area contributed by atoms with Gasteiger partial charge < -0.3 is 15.2 Å². The number of rotatable bonds is 5. The van der Waals surface area contributed by atoms with Crippen LogP contribution in [0.3, 0.4) is 0 Å². The SMILES string of the molecule is Cc1cnc2c(C(=O)N3CC[C@H](C(=O)NCCc4c[nH]c5ccccc45)C3)cnn2c1. The van der Waals surface area contributed by atoms with Crippen molar-refractivity contribution < 1.29 is 9.59 Å². The van der Waals surface area contributed by atoms with Crippen molar-refractivity contribution in [1.29, 1.82) is 0 Å². The molecule has 5 rings (SSSR count). The molecule has 0 bridgehead atoms. The number of carbonyl (C=O) groups excluding carboxylic acids is 2. The summed E-state index contributed by atoms with van der Waals surface area (Å²) in [7, 11) is 0. The van der Waals surface area contributed by atoms with Crippen molar-refractivity contribution in [2.24, 2.45) is 5.92 Å². The first-order chi connectivity index (χ1) is 15.1. The Kier molecular flexibility index (Phi) is 4.89. The third-order valence-corrected chi connectivity index (χ3v) is 5.93. The van der Waals surface area contributed by atoms with Gasteiger partial charge in [-0.2, -0.15) is 5.10 Å². The molecule has 8 heteroatoms. The summed E-state index contributed by atoms with van der Waals surface area (Å²) in [4.78, 5) is 35.0. The number of para-hydroxylation sites is 1. The zero-order valence-corrected chi connectivity index (χ0v) is 17.3. The van der Waals surface area contributed by atoms with Crippen LogP contribution in [0.25, 0.3) is 16.6 Å². The molecule has 0 spiro atoms. The fraction of sp³-hybridized carbons (Fsp3) is 0.304. The van der Waals surface area contributed by atoms with E-state index in [1.807, 2.05) is 37.5 Å². The molecule has 1 saturated heterocycles. The van der Waals surface area contributed by atoms with E-state index in [0.717, 1.165) is 17.5 Å². The maximum atomic E-state index is 13.0. The van der Waals surface area contributed by atoms with Gasteiger partial charge in [0.05, 0.1) is 12.1 Å². The van der Waals surface area contributed by atoms with Gasteiger partial charge in [0.15, 0.2) is 5.65 Å². The fourth-order valence-electron chi connectivity index (χ4n) is 4.25. The van der Waals surface area contributed by atoms with Crippen LogP contribution in [0, 0.1) is 12.8 Å². The van der Waals surface area contributed by atoms with E-state index in [2.05, 4.69) is 26.4 Å². The van der Waals surface area contributed by atoms with Gasteiger partial charge in [0.25, 0.3) is 5.91 Å². The number of aromatic amines is 1. The number of fused-ring (bicyclic) bond motifs is 2. The quantitative estimate of drug-likeness (QED) is 0.522. The number of amides is 2. The molecule has 3 aromatic heterocycles. The van der Waals surface area contributed by atoms with E-state index in [9.17, 15) is 9.59 Å². The molecule has 0 radical (unpaired) electrons. The molecule has 1 aliphatic heterocycles. The molecule has 0 unspecified atom stereocenters. The summed E-state index contributed by atoms with van der Waals surface area (Å²) >= 11 is 0. The molecule has 1 atom stereocenters.